The zero-order chi connectivity index (χ0) is 26.3. The molecule has 0 radical (unpaired) electrons. The van der Waals surface area contributed by atoms with Gasteiger partial charge in [0.25, 0.3) is 5.91 Å². The number of hydrogen-bond acceptors (Lipinski definition) is 5. The molecule has 5 rings (SSSR count). The van der Waals surface area contributed by atoms with E-state index in [2.05, 4.69) is 6.92 Å². The number of para-hydroxylation sites is 2. The molecule has 3 aromatic rings. The molecule has 2 aliphatic heterocycles. The van der Waals surface area contributed by atoms with Crippen molar-refractivity contribution in [2.45, 2.75) is 57.9 Å². The fraction of sp³-hybridized carbons (Fsp3) is 0.312. The molecule has 38 heavy (non-hydrogen) atoms. The first-order valence-electron chi connectivity index (χ1n) is 13.5. The fourth-order valence-corrected chi connectivity index (χ4v) is 6.24. The van der Waals surface area contributed by atoms with Gasteiger partial charge >= 0.3 is 0 Å². The Morgan fingerprint density at radius 3 is 2.13 bits per heavy atom. The van der Waals surface area contributed by atoms with Crippen LogP contribution in [0.5, 0.6) is 17.2 Å². The summed E-state index contributed by atoms with van der Waals surface area (Å²) in [5.74, 6) is 2.27. The van der Waals surface area contributed by atoms with Gasteiger partial charge in [-0.15, -0.1) is 0 Å². The molecular weight excluding hydrogens is 510 g/mol. The Morgan fingerprint density at radius 1 is 0.868 bits per heavy atom. The van der Waals surface area contributed by atoms with Gasteiger partial charge in [0.2, 0.25) is 0 Å². The number of fused-ring (bicyclic) bond motifs is 2. The van der Waals surface area contributed by atoms with E-state index in [0.717, 1.165) is 47.0 Å². The normalized spacial score (nSPS) is 15.9. The van der Waals surface area contributed by atoms with Gasteiger partial charge in [-0.3, -0.25) is 9.69 Å². The molecule has 1 amide bonds. The summed E-state index contributed by atoms with van der Waals surface area (Å²) in [6.45, 7) is 2.98. The zero-order valence-electron chi connectivity index (χ0n) is 21.7. The van der Waals surface area contributed by atoms with E-state index in [-0.39, 0.29) is 11.9 Å². The lowest BCUT2D eigenvalue weighted by Gasteiger charge is -2.33. The van der Waals surface area contributed by atoms with Crippen LogP contribution in [-0.4, -0.2) is 21.7 Å². The number of amides is 1. The lowest BCUT2D eigenvalue weighted by Crippen LogP contribution is -2.34. The SMILES string of the molecule is CCCCCCCCCOc1ccc(/C=C2/SC(=S)N(C3c4ccccc4Oc4ccccc43)C2=O)cc1. The molecule has 4 nitrogen and oxygen atoms in total. The maximum atomic E-state index is 13.7. The quantitative estimate of drug-likeness (QED) is 0.137. The summed E-state index contributed by atoms with van der Waals surface area (Å²) in [6.07, 6.45) is 10.8. The molecule has 0 atom stereocenters. The van der Waals surface area contributed by atoms with Crippen LogP contribution in [0.2, 0.25) is 0 Å². The van der Waals surface area contributed by atoms with Crippen LogP contribution >= 0.6 is 24.0 Å². The van der Waals surface area contributed by atoms with Crippen molar-refractivity contribution in [2.24, 2.45) is 0 Å². The minimum atomic E-state index is -0.322. The summed E-state index contributed by atoms with van der Waals surface area (Å²) in [5.41, 5.74) is 2.82. The molecule has 0 saturated carbocycles. The average Bonchev–Trinajstić information content (AvgIpc) is 3.21. The van der Waals surface area contributed by atoms with Crippen LogP contribution in [0.1, 0.15) is 74.6 Å². The number of thioether (sulfide) groups is 1. The van der Waals surface area contributed by atoms with Crippen molar-refractivity contribution in [1.29, 1.82) is 0 Å². The first-order valence-corrected chi connectivity index (χ1v) is 14.7. The van der Waals surface area contributed by atoms with E-state index in [4.69, 9.17) is 21.7 Å². The third-order valence-electron chi connectivity index (χ3n) is 6.92. The van der Waals surface area contributed by atoms with E-state index in [1.165, 1.54) is 50.3 Å². The summed E-state index contributed by atoms with van der Waals surface area (Å²) in [6, 6.07) is 23.3. The van der Waals surface area contributed by atoms with E-state index >= 15 is 0 Å². The Balaban J connectivity index is 1.25. The van der Waals surface area contributed by atoms with Crippen LogP contribution in [0.3, 0.4) is 0 Å². The van der Waals surface area contributed by atoms with Crippen molar-refractivity contribution < 1.29 is 14.3 Å². The van der Waals surface area contributed by atoms with Crippen LogP contribution < -0.4 is 9.47 Å². The largest absolute Gasteiger partial charge is 0.494 e. The fourth-order valence-electron chi connectivity index (χ4n) is 4.93. The number of hydrogen-bond donors (Lipinski definition) is 0. The van der Waals surface area contributed by atoms with Crippen molar-refractivity contribution in [2.75, 3.05) is 6.61 Å². The molecule has 0 aliphatic carbocycles. The van der Waals surface area contributed by atoms with Crippen LogP contribution in [0.25, 0.3) is 6.08 Å². The maximum Gasteiger partial charge on any atom is 0.267 e. The number of nitrogens with zero attached hydrogens (tertiary/aromatic N) is 1. The summed E-state index contributed by atoms with van der Waals surface area (Å²) in [4.78, 5) is 16.0. The molecule has 2 aliphatic rings. The minimum Gasteiger partial charge on any atom is -0.494 e. The smallest absolute Gasteiger partial charge is 0.267 e. The Hall–Kier alpha value is -3.09. The summed E-state index contributed by atoms with van der Waals surface area (Å²) < 4.78 is 12.6. The van der Waals surface area contributed by atoms with Gasteiger partial charge in [-0.2, -0.15) is 0 Å². The number of carbonyl (C=O) groups is 1. The van der Waals surface area contributed by atoms with E-state index in [1.807, 2.05) is 78.9 Å². The number of carbonyl (C=O) groups excluding carboxylic acids is 1. The van der Waals surface area contributed by atoms with Gasteiger partial charge in [0.15, 0.2) is 0 Å². The Morgan fingerprint density at radius 2 is 1.47 bits per heavy atom. The molecule has 0 unspecified atom stereocenters. The molecule has 1 fully saturated rings. The molecule has 0 bridgehead atoms. The first-order chi connectivity index (χ1) is 18.7. The van der Waals surface area contributed by atoms with Gasteiger partial charge in [-0.05, 0) is 42.3 Å². The predicted octanol–water partition coefficient (Wildman–Crippen LogP) is 8.91. The van der Waals surface area contributed by atoms with E-state index < -0.39 is 0 Å². The predicted molar refractivity (Wildman–Crippen MR) is 160 cm³/mol. The maximum absolute atomic E-state index is 13.7. The van der Waals surface area contributed by atoms with Crippen LogP contribution in [0.4, 0.5) is 0 Å². The summed E-state index contributed by atoms with van der Waals surface area (Å²) in [7, 11) is 0. The number of rotatable bonds is 11. The second kappa shape index (κ2) is 12.6. The third-order valence-corrected chi connectivity index (χ3v) is 8.25. The highest BCUT2D eigenvalue weighted by atomic mass is 32.2. The highest BCUT2D eigenvalue weighted by molar-refractivity contribution is 8.26. The summed E-state index contributed by atoms with van der Waals surface area (Å²) >= 11 is 7.08. The van der Waals surface area contributed by atoms with Gasteiger partial charge < -0.3 is 9.47 Å². The minimum absolute atomic E-state index is 0.0873. The average molecular weight is 544 g/mol. The van der Waals surface area contributed by atoms with Gasteiger partial charge in [0, 0.05) is 11.1 Å². The lowest BCUT2D eigenvalue weighted by molar-refractivity contribution is -0.123. The van der Waals surface area contributed by atoms with E-state index in [1.54, 1.807) is 4.90 Å². The van der Waals surface area contributed by atoms with E-state index in [0.29, 0.717) is 9.23 Å². The molecule has 0 N–H and O–H groups in total. The Bertz CT molecular complexity index is 1270. The summed E-state index contributed by atoms with van der Waals surface area (Å²) in [5, 5.41) is 0. The second-order valence-electron chi connectivity index (χ2n) is 9.67. The zero-order valence-corrected chi connectivity index (χ0v) is 23.4. The lowest BCUT2D eigenvalue weighted by atomic mass is 9.93. The van der Waals surface area contributed by atoms with Crippen molar-refractivity contribution in [3.8, 4) is 17.2 Å². The first kappa shape index (κ1) is 26.5. The highest BCUT2D eigenvalue weighted by Gasteiger charge is 2.42. The van der Waals surface area contributed by atoms with Gasteiger partial charge in [0.1, 0.15) is 21.6 Å². The van der Waals surface area contributed by atoms with Crippen LogP contribution in [0, 0.1) is 0 Å². The van der Waals surface area contributed by atoms with Crippen molar-refractivity contribution in [1.82, 2.24) is 4.90 Å². The van der Waals surface area contributed by atoms with Crippen molar-refractivity contribution in [3.05, 3.63) is 94.4 Å². The van der Waals surface area contributed by atoms with E-state index in [9.17, 15) is 4.79 Å². The van der Waals surface area contributed by atoms with Gasteiger partial charge in [-0.1, -0.05) is 118 Å². The molecule has 0 aromatic heterocycles. The topological polar surface area (TPSA) is 38.8 Å². The third kappa shape index (κ3) is 5.97. The second-order valence-corrected chi connectivity index (χ2v) is 11.3. The molecule has 3 aromatic carbocycles. The number of thiocarbonyl (C=S) groups is 1. The number of benzene rings is 3. The highest BCUT2D eigenvalue weighted by Crippen LogP contribution is 2.49. The van der Waals surface area contributed by atoms with Crippen molar-refractivity contribution in [3.63, 3.8) is 0 Å². The molecule has 196 valence electrons. The standard InChI is InChI=1S/C32H33NO3S2/c1-2-3-4-5-6-7-12-21-35-24-19-17-23(18-20-24)22-29-31(34)33(32(37)38-29)30-25-13-8-10-15-27(25)36-28-16-11-9-14-26(28)30/h8-11,13-20,22,30H,2-7,12,21H2,1H3/b29-22+. The van der Waals surface area contributed by atoms with Gasteiger partial charge in [0.05, 0.1) is 17.6 Å². The van der Waals surface area contributed by atoms with Crippen LogP contribution in [-0.2, 0) is 4.79 Å². The van der Waals surface area contributed by atoms with Crippen molar-refractivity contribution >= 4 is 40.3 Å². The number of unbranched alkanes of at least 4 members (excludes halogenated alkanes) is 6. The molecular formula is C32H33NO3S2. The Labute approximate surface area is 235 Å². The van der Waals surface area contributed by atoms with Crippen LogP contribution in [0.15, 0.2) is 77.7 Å². The number of ether oxygens (including phenoxy) is 2. The molecule has 1 saturated heterocycles. The molecule has 6 heteroatoms. The molecule has 2 heterocycles. The monoisotopic (exact) mass is 543 g/mol. The van der Waals surface area contributed by atoms with Gasteiger partial charge in [-0.25, -0.2) is 0 Å². The Kier molecular flexibility index (Phi) is 8.82. The molecule has 0 spiro atoms.